The van der Waals surface area contributed by atoms with Crippen LogP contribution in [-0.4, -0.2) is 17.4 Å². The van der Waals surface area contributed by atoms with E-state index in [-0.39, 0.29) is 11.3 Å². The van der Waals surface area contributed by atoms with Crippen molar-refractivity contribution in [2.45, 2.75) is 61.8 Å². The van der Waals surface area contributed by atoms with Gasteiger partial charge >= 0.3 is 0 Å². The highest BCUT2D eigenvalue weighted by Gasteiger charge is 2.53. The molecule has 1 amide bonds. The molecule has 0 radical (unpaired) electrons. The molecule has 1 fully saturated rings. The zero-order valence-corrected chi connectivity index (χ0v) is 15.2. The Hall–Kier alpha value is -0.790. The third-order valence-electron chi connectivity index (χ3n) is 7.47. The van der Waals surface area contributed by atoms with E-state index < -0.39 is 0 Å². The van der Waals surface area contributed by atoms with Gasteiger partial charge in [-0.05, 0) is 41.9 Å². The Morgan fingerprint density at radius 3 is 2.14 bits per heavy atom. The molecule has 2 aliphatic rings. The molecule has 1 aliphatic heterocycles. The van der Waals surface area contributed by atoms with E-state index in [0.717, 1.165) is 6.54 Å². The highest BCUT2D eigenvalue weighted by atomic mass is 16.2. The second kappa shape index (κ2) is 5.14. The summed E-state index contributed by atoms with van der Waals surface area (Å²) < 4.78 is 0. The fourth-order valence-electron chi connectivity index (χ4n) is 4.16. The molecule has 2 nitrogen and oxygen atoms in total. The second-order valence-corrected chi connectivity index (χ2v) is 8.72. The minimum absolute atomic E-state index is 0.116. The summed E-state index contributed by atoms with van der Waals surface area (Å²) in [5.74, 6) is 2.09. The van der Waals surface area contributed by atoms with Gasteiger partial charge in [0.2, 0.25) is 5.91 Å². The average molecular weight is 291 g/mol. The van der Waals surface area contributed by atoms with Crippen LogP contribution in [0.4, 0.5) is 0 Å². The van der Waals surface area contributed by atoms with Crippen molar-refractivity contribution in [1.29, 1.82) is 0 Å². The highest BCUT2D eigenvalue weighted by Crippen LogP contribution is 2.58. The minimum atomic E-state index is 0.116. The SMILES string of the molecule is CC1=CN(CC2CC(C)C(C)(C)C2(C)C)C(=O)C(C)C1C. The second-order valence-electron chi connectivity index (χ2n) is 8.72. The van der Waals surface area contributed by atoms with Crippen LogP contribution in [0.1, 0.15) is 61.8 Å². The van der Waals surface area contributed by atoms with Crippen molar-refractivity contribution in [3.63, 3.8) is 0 Å². The predicted octanol–water partition coefficient (Wildman–Crippen LogP) is 4.71. The summed E-state index contributed by atoms with van der Waals surface area (Å²) in [6, 6.07) is 0. The molecule has 0 spiro atoms. The van der Waals surface area contributed by atoms with E-state index in [1.54, 1.807) is 0 Å². The molecular formula is C19H33NO. The van der Waals surface area contributed by atoms with Gasteiger partial charge in [0.05, 0.1) is 0 Å². The van der Waals surface area contributed by atoms with Crippen LogP contribution in [0.15, 0.2) is 11.8 Å². The Balaban J connectivity index is 2.21. The monoisotopic (exact) mass is 291 g/mol. The number of allylic oxidation sites excluding steroid dienone is 1. The van der Waals surface area contributed by atoms with E-state index in [1.807, 2.05) is 4.90 Å². The van der Waals surface area contributed by atoms with Crippen LogP contribution >= 0.6 is 0 Å². The first-order chi connectivity index (χ1) is 9.50. The van der Waals surface area contributed by atoms with Crippen LogP contribution in [0.2, 0.25) is 0 Å². The van der Waals surface area contributed by atoms with Crippen LogP contribution < -0.4 is 0 Å². The lowest BCUT2D eigenvalue weighted by Gasteiger charge is -2.43. The lowest BCUT2D eigenvalue weighted by atomic mass is 9.64. The van der Waals surface area contributed by atoms with E-state index >= 15 is 0 Å². The largest absolute Gasteiger partial charge is 0.319 e. The average Bonchev–Trinajstić information content (AvgIpc) is 2.54. The molecule has 4 atom stereocenters. The number of amides is 1. The topological polar surface area (TPSA) is 20.3 Å². The molecule has 120 valence electrons. The van der Waals surface area contributed by atoms with Crippen molar-refractivity contribution in [3.8, 4) is 0 Å². The Kier molecular flexibility index (Phi) is 4.06. The summed E-state index contributed by atoms with van der Waals surface area (Å²) >= 11 is 0. The number of carbonyl (C=O) groups is 1. The van der Waals surface area contributed by atoms with Crippen LogP contribution in [0.25, 0.3) is 0 Å². The van der Waals surface area contributed by atoms with E-state index in [9.17, 15) is 4.79 Å². The zero-order valence-electron chi connectivity index (χ0n) is 15.2. The first-order valence-corrected chi connectivity index (χ1v) is 8.49. The summed E-state index contributed by atoms with van der Waals surface area (Å²) in [7, 11) is 0. The fourth-order valence-corrected chi connectivity index (χ4v) is 4.16. The molecule has 0 N–H and O–H groups in total. The lowest BCUT2D eigenvalue weighted by Crippen LogP contribution is -2.44. The normalized spacial score (nSPS) is 38.6. The molecule has 0 saturated heterocycles. The van der Waals surface area contributed by atoms with Crippen molar-refractivity contribution in [3.05, 3.63) is 11.8 Å². The van der Waals surface area contributed by atoms with Gasteiger partial charge in [0.25, 0.3) is 0 Å². The Bertz CT molecular complexity index is 460. The summed E-state index contributed by atoms with van der Waals surface area (Å²) in [6.45, 7) is 19.2. The Morgan fingerprint density at radius 2 is 1.67 bits per heavy atom. The molecule has 4 unspecified atom stereocenters. The van der Waals surface area contributed by atoms with Crippen molar-refractivity contribution >= 4 is 5.91 Å². The van der Waals surface area contributed by atoms with Gasteiger partial charge in [0.15, 0.2) is 0 Å². The van der Waals surface area contributed by atoms with Crippen molar-refractivity contribution in [1.82, 2.24) is 4.90 Å². The molecule has 2 heteroatoms. The summed E-state index contributed by atoms with van der Waals surface area (Å²) in [5.41, 5.74) is 1.93. The van der Waals surface area contributed by atoms with Gasteiger partial charge in [-0.3, -0.25) is 4.79 Å². The zero-order chi connectivity index (χ0) is 16.2. The quantitative estimate of drug-likeness (QED) is 0.721. The van der Waals surface area contributed by atoms with Crippen molar-refractivity contribution in [2.75, 3.05) is 6.54 Å². The molecule has 0 bridgehead atoms. The molecule has 1 heterocycles. The van der Waals surface area contributed by atoms with E-state index in [0.29, 0.717) is 29.1 Å². The molecule has 1 saturated carbocycles. The van der Waals surface area contributed by atoms with E-state index in [1.165, 1.54) is 12.0 Å². The first kappa shape index (κ1) is 16.6. The number of nitrogens with zero attached hydrogens (tertiary/aromatic N) is 1. The minimum Gasteiger partial charge on any atom is -0.319 e. The van der Waals surface area contributed by atoms with Crippen molar-refractivity contribution < 1.29 is 4.79 Å². The Morgan fingerprint density at radius 1 is 1.10 bits per heavy atom. The molecule has 0 aromatic rings. The lowest BCUT2D eigenvalue weighted by molar-refractivity contribution is -0.135. The maximum atomic E-state index is 12.6. The van der Waals surface area contributed by atoms with E-state index in [2.05, 4.69) is 61.6 Å². The fraction of sp³-hybridized carbons (Fsp3) is 0.842. The standard InChI is InChI=1S/C19H33NO/c1-12-10-20(17(21)15(4)14(12)3)11-16-9-13(2)18(5,6)19(16,7)8/h10,13-16H,9,11H2,1-8H3. The van der Waals surface area contributed by atoms with Gasteiger partial charge in [0, 0.05) is 18.7 Å². The van der Waals surface area contributed by atoms with Crippen LogP contribution in [0.5, 0.6) is 0 Å². The first-order valence-electron chi connectivity index (χ1n) is 8.49. The van der Waals surface area contributed by atoms with Crippen LogP contribution in [-0.2, 0) is 4.79 Å². The number of rotatable bonds is 2. The third kappa shape index (κ3) is 2.45. The van der Waals surface area contributed by atoms with E-state index in [4.69, 9.17) is 0 Å². The molecule has 0 aromatic heterocycles. The van der Waals surface area contributed by atoms with Crippen LogP contribution in [0, 0.1) is 34.5 Å². The molecule has 1 aliphatic carbocycles. The summed E-state index contributed by atoms with van der Waals surface area (Å²) in [4.78, 5) is 14.6. The van der Waals surface area contributed by atoms with Gasteiger partial charge in [0.1, 0.15) is 0 Å². The smallest absolute Gasteiger partial charge is 0.229 e. The number of hydrogen-bond donors (Lipinski definition) is 0. The highest BCUT2D eigenvalue weighted by molar-refractivity contribution is 5.81. The number of carbonyl (C=O) groups excluding carboxylic acids is 1. The van der Waals surface area contributed by atoms with Gasteiger partial charge in [-0.15, -0.1) is 0 Å². The van der Waals surface area contributed by atoms with Gasteiger partial charge in [-0.1, -0.05) is 54.0 Å². The predicted molar refractivity (Wildman–Crippen MR) is 88.6 cm³/mol. The summed E-state index contributed by atoms with van der Waals surface area (Å²) in [6.07, 6.45) is 3.33. The maximum absolute atomic E-state index is 12.6. The van der Waals surface area contributed by atoms with Gasteiger partial charge < -0.3 is 4.90 Å². The van der Waals surface area contributed by atoms with Gasteiger partial charge in [-0.2, -0.15) is 0 Å². The molecule has 0 aromatic carbocycles. The van der Waals surface area contributed by atoms with Gasteiger partial charge in [-0.25, -0.2) is 0 Å². The molecular weight excluding hydrogens is 258 g/mol. The maximum Gasteiger partial charge on any atom is 0.229 e. The number of hydrogen-bond acceptors (Lipinski definition) is 1. The Labute approximate surface area is 131 Å². The third-order valence-corrected chi connectivity index (χ3v) is 7.47. The summed E-state index contributed by atoms with van der Waals surface area (Å²) in [5, 5.41) is 0. The molecule has 21 heavy (non-hydrogen) atoms. The van der Waals surface area contributed by atoms with Crippen LogP contribution in [0.3, 0.4) is 0 Å². The van der Waals surface area contributed by atoms with Crippen molar-refractivity contribution in [2.24, 2.45) is 34.5 Å². The molecule has 2 rings (SSSR count).